The van der Waals surface area contributed by atoms with Crippen LogP contribution in [0, 0.1) is 11.3 Å². The molecule has 0 unspecified atom stereocenters. The quantitative estimate of drug-likeness (QED) is 0.769. The molecular formula is C22H30N4O2. The van der Waals surface area contributed by atoms with Crippen LogP contribution in [0.25, 0.3) is 0 Å². The number of carbonyl (C=O) groups is 1. The van der Waals surface area contributed by atoms with Crippen molar-refractivity contribution < 1.29 is 9.21 Å². The van der Waals surface area contributed by atoms with Crippen LogP contribution in [-0.4, -0.2) is 51.4 Å². The molecule has 5 rings (SSSR count). The van der Waals surface area contributed by atoms with E-state index in [4.69, 9.17) is 9.40 Å². The maximum atomic E-state index is 13.6. The van der Waals surface area contributed by atoms with Gasteiger partial charge < -0.3 is 13.9 Å². The normalized spacial score (nSPS) is 28.3. The Morgan fingerprint density at radius 3 is 2.89 bits per heavy atom. The fourth-order valence-electron chi connectivity index (χ4n) is 5.06. The maximum Gasteiger partial charge on any atom is 0.230 e. The summed E-state index contributed by atoms with van der Waals surface area (Å²) >= 11 is 0. The van der Waals surface area contributed by atoms with Gasteiger partial charge in [-0.15, -0.1) is 0 Å². The number of nitrogens with zero attached hydrogens (tertiary/aromatic N) is 4. The Balaban J connectivity index is 1.43. The Morgan fingerprint density at radius 2 is 2.21 bits per heavy atom. The van der Waals surface area contributed by atoms with Gasteiger partial charge in [0.15, 0.2) is 0 Å². The lowest BCUT2D eigenvalue weighted by Crippen LogP contribution is -2.40. The first-order chi connectivity index (χ1) is 13.5. The number of hydrogen-bond acceptors (Lipinski definition) is 4. The van der Waals surface area contributed by atoms with Crippen LogP contribution < -0.4 is 0 Å². The average molecular weight is 383 g/mol. The molecule has 0 bridgehead atoms. The van der Waals surface area contributed by atoms with Gasteiger partial charge in [-0.2, -0.15) is 0 Å². The van der Waals surface area contributed by atoms with Crippen molar-refractivity contribution in [1.29, 1.82) is 0 Å². The van der Waals surface area contributed by atoms with E-state index in [9.17, 15) is 4.79 Å². The molecule has 0 aromatic carbocycles. The average Bonchev–Trinajstić information content (AvgIpc) is 3.09. The van der Waals surface area contributed by atoms with Gasteiger partial charge in [-0.05, 0) is 51.2 Å². The predicted molar refractivity (Wildman–Crippen MR) is 106 cm³/mol. The molecule has 2 aromatic heterocycles. The summed E-state index contributed by atoms with van der Waals surface area (Å²) in [6.45, 7) is 8.59. The molecule has 28 heavy (non-hydrogen) atoms. The van der Waals surface area contributed by atoms with Gasteiger partial charge in [0.25, 0.3) is 0 Å². The maximum absolute atomic E-state index is 13.6. The molecule has 2 atom stereocenters. The first-order valence-corrected chi connectivity index (χ1v) is 10.6. The Morgan fingerprint density at radius 1 is 1.36 bits per heavy atom. The predicted octanol–water partition coefficient (Wildman–Crippen LogP) is 3.29. The van der Waals surface area contributed by atoms with E-state index >= 15 is 0 Å². The van der Waals surface area contributed by atoms with Crippen molar-refractivity contribution in [1.82, 2.24) is 19.4 Å². The summed E-state index contributed by atoms with van der Waals surface area (Å²) in [5.74, 6) is 2.20. The van der Waals surface area contributed by atoms with Crippen LogP contribution >= 0.6 is 0 Å². The Kier molecular flexibility index (Phi) is 4.34. The highest BCUT2D eigenvalue weighted by Gasteiger charge is 2.58. The largest absolute Gasteiger partial charge is 0.468 e. The van der Waals surface area contributed by atoms with Crippen LogP contribution in [0.4, 0.5) is 0 Å². The fourth-order valence-corrected chi connectivity index (χ4v) is 5.06. The first-order valence-electron chi connectivity index (χ1n) is 10.6. The fraction of sp³-hybridized carbons (Fsp3) is 0.636. The van der Waals surface area contributed by atoms with Crippen LogP contribution in [0.2, 0.25) is 0 Å². The number of imidazole rings is 1. The van der Waals surface area contributed by atoms with Gasteiger partial charge in [0.05, 0.1) is 30.2 Å². The van der Waals surface area contributed by atoms with Crippen molar-refractivity contribution in [2.24, 2.45) is 11.3 Å². The highest BCUT2D eigenvalue weighted by Crippen LogP contribution is 2.50. The standard InChI is InChI=1S/C22H30N4O2/c1-16(2)26-13-20(23-15-26)19-12-24(11-18-4-3-9-28-18)14-22(19)7-8-25(21(22)27)10-17-5-6-17/h3-4,9,13,15-17,19H,5-8,10-12,14H2,1-2H3/t19-,22+/m0/s1. The molecule has 3 fully saturated rings. The zero-order valence-corrected chi connectivity index (χ0v) is 16.9. The summed E-state index contributed by atoms with van der Waals surface area (Å²) in [5, 5.41) is 0. The van der Waals surface area contributed by atoms with Crippen LogP contribution in [0.5, 0.6) is 0 Å². The lowest BCUT2D eigenvalue weighted by Gasteiger charge is -2.28. The van der Waals surface area contributed by atoms with Gasteiger partial charge in [-0.3, -0.25) is 9.69 Å². The van der Waals surface area contributed by atoms with Crippen LogP contribution in [0.3, 0.4) is 0 Å². The SMILES string of the molecule is CC(C)n1cnc([C@@H]2CN(Cc3ccco3)C[C@]23CCN(CC2CC2)C3=O)c1. The van der Waals surface area contributed by atoms with Crippen molar-refractivity contribution in [3.8, 4) is 0 Å². The van der Waals surface area contributed by atoms with E-state index in [-0.39, 0.29) is 11.3 Å². The monoisotopic (exact) mass is 382 g/mol. The lowest BCUT2D eigenvalue weighted by atomic mass is 9.75. The number of rotatable bonds is 6. The second kappa shape index (κ2) is 6.76. The molecular weight excluding hydrogens is 352 g/mol. The van der Waals surface area contributed by atoms with Crippen molar-refractivity contribution in [3.05, 3.63) is 42.4 Å². The number of carbonyl (C=O) groups excluding carboxylic acids is 1. The van der Waals surface area contributed by atoms with Gasteiger partial charge in [0.1, 0.15) is 5.76 Å². The zero-order chi connectivity index (χ0) is 19.3. The van der Waals surface area contributed by atoms with Crippen molar-refractivity contribution in [3.63, 3.8) is 0 Å². The summed E-state index contributed by atoms with van der Waals surface area (Å²) in [5.41, 5.74) is 0.731. The lowest BCUT2D eigenvalue weighted by molar-refractivity contribution is -0.136. The van der Waals surface area contributed by atoms with Gasteiger partial charge >= 0.3 is 0 Å². The van der Waals surface area contributed by atoms with Crippen molar-refractivity contribution >= 4 is 5.91 Å². The summed E-state index contributed by atoms with van der Waals surface area (Å²) in [7, 11) is 0. The second-order valence-electron chi connectivity index (χ2n) is 9.24. The minimum Gasteiger partial charge on any atom is -0.468 e. The summed E-state index contributed by atoms with van der Waals surface area (Å²) in [6.07, 6.45) is 9.30. The number of aromatic nitrogens is 2. The molecule has 6 nitrogen and oxygen atoms in total. The molecule has 3 aliphatic rings. The molecule has 1 spiro atoms. The Bertz CT molecular complexity index is 839. The molecule has 1 saturated carbocycles. The highest BCUT2D eigenvalue weighted by atomic mass is 16.3. The van der Waals surface area contributed by atoms with Crippen LogP contribution in [0.15, 0.2) is 35.3 Å². The summed E-state index contributed by atoms with van der Waals surface area (Å²) in [4.78, 5) is 22.9. The number of amides is 1. The van der Waals surface area contributed by atoms with E-state index in [1.165, 1.54) is 12.8 Å². The Hall–Kier alpha value is -2.08. The minimum atomic E-state index is -0.336. The van der Waals surface area contributed by atoms with E-state index in [1.54, 1.807) is 6.26 Å². The highest BCUT2D eigenvalue weighted by molar-refractivity contribution is 5.86. The molecule has 2 aromatic rings. The molecule has 6 heteroatoms. The topological polar surface area (TPSA) is 54.5 Å². The molecule has 4 heterocycles. The zero-order valence-electron chi connectivity index (χ0n) is 16.9. The summed E-state index contributed by atoms with van der Waals surface area (Å²) in [6, 6.07) is 4.33. The number of furan rings is 1. The van der Waals surface area contributed by atoms with Gasteiger partial charge in [-0.1, -0.05) is 0 Å². The van der Waals surface area contributed by atoms with E-state index in [1.807, 2.05) is 18.5 Å². The van der Waals surface area contributed by atoms with Gasteiger partial charge in [-0.25, -0.2) is 4.98 Å². The molecule has 0 N–H and O–H groups in total. The third kappa shape index (κ3) is 3.08. The Labute approximate surface area is 166 Å². The molecule has 1 amide bonds. The van der Waals surface area contributed by atoms with E-state index in [0.717, 1.165) is 56.5 Å². The van der Waals surface area contributed by atoms with E-state index < -0.39 is 0 Å². The summed E-state index contributed by atoms with van der Waals surface area (Å²) < 4.78 is 7.73. The van der Waals surface area contributed by atoms with Crippen LogP contribution in [-0.2, 0) is 11.3 Å². The minimum absolute atomic E-state index is 0.152. The molecule has 2 saturated heterocycles. The third-order valence-electron chi connectivity index (χ3n) is 6.86. The molecule has 0 radical (unpaired) electrons. The van der Waals surface area contributed by atoms with Crippen molar-refractivity contribution in [2.75, 3.05) is 26.2 Å². The van der Waals surface area contributed by atoms with E-state index in [0.29, 0.717) is 11.9 Å². The smallest absolute Gasteiger partial charge is 0.230 e. The van der Waals surface area contributed by atoms with E-state index in [2.05, 4.69) is 34.4 Å². The molecule has 1 aliphatic carbocycles. The second-order valence-corrected chi connectivity index (χ2v) is 9.24. The van der Waals surface area contributed by atoms with Crippen LogP contribution in [0.1, 0.15) is 56.5 Å². The number of likely N-dealkylation sites (tertiary alicyclic amines) is 2. The molecule has 2 aliphatic heterocycles. The molecule has 150 valence electrons. The van der Waals surface area contributed by atoms with Gasteiger partial charge in [0, 0.05) is 44.3 Å². The third-order valence-corrected chi connectivity index (χ3v) is 6.86. The van der Waals surface area contributed by atoms with Crippen molar-refractivity contribution in [2.45, 2.75) is 51.6 Å². The number of hydrogen-bond donors (Lipinski definition) is 0. The first kappa shape index (κ1) is 18.0. The van der Waals surface area contributed by atoms with Gasteiger partial charge in [0.2, 0.25) is 5.91 Å².